The van der Waals surface area contributed by atoms with Gasteiger partial charge in [0.1, 0.15) is 0 Å². The van der Waals surface area contributed by atoms with Crippen LogP contribution in [0.2, 0.25) is 0 Å². The molecule has 2 heteroatoms. The van der Waals surface area contributed by atoms with Crippen molar-refractivity contribution in [1.29, 1.82) is 0 Å². The Labute approximate surface area is 128 Å². The van der Waals surface area contributed by atoms with E-state index in [0.717, 1.165) is 32.7 Å². The van der Waals surface area contributed by atoms with Crippen LogP contribution in [0.1, 0.15) is 30.5 Å². The third-order valence-corrected chi connectivity index (χ3v) is 3.70. The molecule has 0 fully saturated rings. The van der Waals surface area contributed by atoms with Crippen LogP contribution >= 0.6 is 0 Å². The molecule has 0 saturated heterocycles. The molecular weight excluding hydrogens is 256 g/mol. The molecule has 21 heavy (non-hydrogen) atoms. The molecule has 0 unspecified atom stereocenters. The van der Waals surface area contributed by atoms with Gasteiger partial charge in [-0.2, -0.15) is 0 Å². The molecule has 0 saturated carbocycles. The SMILES string of the molecule is CCNCc1ccc(CN(CC)Cc2ccccc2)cc1. The van der Waals surface area contributed by atoms with Gasteiger partial charge < -0.3 is 5.32 Å². The molecule has 2 aromatic rings. The lowest BCUT2D eigenvalue weighted by molar-refractivity contribution is 0.271. The summed E-state index contributed by atoms with van der Waals surface area (Å²) in [5, 5.41) is 3.36. The van der Waals surface area contributed by atoms with Crippen LogP contribution in [0.3, 0.4) is 0 Å². The summed E-state index contributed by atoms with van der Waals surface area (Å²) in [5.41, 5.74) is 4.11. The highest BCUT2D eigenvalue weighted by Gasteiger charge is 2.05. The largest absolute Gasteiger partial charge is 0.313 e. The molecule has 2 rings (SSSR count). The molecule has 0 aliphatic heterocycles. The maximum Gasteiger partial charge on any atom is 0.0237 e. The third-order valence-electron chi connectivity index (χ3n) is 3.70. The summed E-state index contributed by atoms with van der Waals surface area (Å²) in [6, 6.07) is 19.6. The predicted molar refractivity (Wildman–Crippen MR) is 90.1 cm³/mol. The first-order chi connectivity index (χ1) is 10.3. The second kappa shape index (κ2) is 8.60. The fourth-order valence-electron chi connectivity index (χ4n) is 2.41. The predicted octanol–water partition coefficient (Wildman–Crippen LogP) is 3.82. The monoisotopic (exact) mass is 282 g/mol. The van der Waals surface area contributed by atoms with Crippen molar-refractivity contribution in [2.24, 2.45) is 0 Å². The first kappa shape index (κ1) is 15.7. The number of benzene rings is 2. The van der Waals surface area contributed by atoms with Crippen molar-refractivity contribution in [3.63, 3.8) is 0 Å². The van der Waals surface area contributed by atoms with E-state index in [0.29, 0.717) is 0 Å². The van der Waals surface area contributed by atoms with Crippen LogP contribution in [0.25, 0.3) is 0 Å². The summed E-state index contributed by atoms with van der Waals surface area (Å²) in [6.45, 7) is 9.41. The van der Waals surface area contributed by atoms with Crippen molar-refractivity contribution in [3.8, 4) is 0 Å². The number of hydrogen-bond acceptors (Lipinski definition) is 2. The lowest BCUT2D eigenvalue weighted by Crippen LogP contribution is -2.22. The lowest BCUT2D eigenvalue weighted by atomic mass is 10.1. The molecule has 2 aromatic carbocycles. The molecule has 2 nitrogen and oxygen atoms in total. The minimum Gasteiger partial charge on any atom is -0.313 e. The zero-order valence-electron chi connectivity index (χ0n) is 13.2. The van der Waals surface area contributed by atoms with Gasteiger partial charge in [0.2, 0.25) is 0 Å². The van der Waals surface area contributed by atoms with Crippen LogP contribution in [0, 0.1) is 0 Å². The average Bonchev–Trinajstić information content (AvgIpc) is 2.54. The molecule has 0 amide bonds. The number of rotatable bonds is 8. The zero-order valence-corrected chi connectivity index (χ0v) is 13.2. The van der Waals surface area contributed by atoms with Crippen molar-refractivity contribution in [2.45, 2.75) is 33.5 Å². The van der Waals surface area contributed by atoms with E-state index in [1.54, 1.807) is 0 Å². The van der Waals surface area contributed by atoms with Crippen molar-refractivity contribution >= 4 is 0 Å². The van der Waals surface area contributed by atoms with E-state index in [9.17, 15) is 0 Å². The Morgan fingerprint density at radius 2 is 1.33 bits per heavy atom. The summed E-state index contributed by atoms with van der Waals surface area (Å²) >= 11 is 0. The fraction of sp³-hybridized carbons (Fsp3) is 0.368. The number of nitrogens with zero attached hydrogens (tertiary/aromatic N) is 1. The third kappa shape index (κ3) is 5.33. The normalized spacial score (nSPS) is 11.0. The topological polar surface area (TPSA) is 15.3 Å². The summed E-state index contributed by atoms with van der Waals surface area (Å²) in [6.07, 6.45) is 0. The maximum absolute atomic E-state index is 3.36. The highest BCUT2D eigenvalue weighted by Crippen LogP contribution is 2.11. The molecule has 0 atom stereocenters. The smallest absolute Gasteiger partial charge is 0.0237 e. The van der Waals surface area contributed by atoms with E-state index in [2.05, 4.69) is 78.7 Å². The van der Waals surface area contributed by atoms with Crippen LogP contribution < -0.4 is 5.32 Å². The van der Waals surface area contributed by atoms with Gasteiger partial charge in [0.25, 0.3) is 0 Å². The van der Waals surface area contributed by atoms with Gasteiger partial charge in [-0.1, -0.05) is 68.4 Å². The molecule has 0 radical (unpaired) electrons. The Bertz CT molecular complexity index is 505. The first-order valence-corrected chi connectivity index (χ1v) is 7.86. The molecule has 0 heterocycles. The van der Waals surface area contributed by atoms with Gasteiger partial charge in [-0.15, -0.1) is 0 Å². The quantitative estimate of drug-likeness (QED) is 0.792. The van der Waals surface area contributed by atoms with Crippen molar-refractivity contribution in [3.05, 3.63) is 71.3 Å². The van der Waals surface area contributed by atoms with Crippen LogP contribution in [-0.4, -0.2) is 18.0 Å². The number of nitrogens with one attached hydrogen (secondary N) is 1. The molecule has 0 aliphatic rings. The van der Waals surface area contributed by atoms with Gasteiger partial charge in [0, 0.05) is 19.6 Å². The van der Waals surface area contributed by atoms with E-state index >= 15 is 0 Å². The van der Waals surface area contributed by atoms with E-state index in [1.165, 1.54) is 16.7 Å². The maximum atomic E-state index is 3.36. The minimum atomic E-state index is 0.957. The van der Waals surface area contributed by atoms with Gasteiger partial charge >= 0.3 is 0 Å². The molecular formula is C19H26N2. The molecule has 1 N–H and O–H groups in total. The van der Waals surface area contributed by atoms with Gasteiger partial charge in [0.05, 0.1) is 0 Å². The van der Waals surface area contributed by atoms with Crippen molar-refractivity contribution in [1.82, 2.24) is 10.2 Å². The van der Waals surface area contributed by atoms with Gasteiger partial charge in [-0.3, -0.25) is 4.90 Å². The Balaban J connectivity index is 1.92. The second-order valence-corrected chi connectivity index (χ2v) is 5.39. The zero-order chi connectivity index (χ0) is 14.9. The Kier molecular flexibility index (Phi) is 6.45. The van der Waals surface area contributed by atoms with Crippen LogP contribution in [0.15, 0.2) is 54.6 Å². The molecule has 0 bridgehead atoms. The summed E-state index contributed by atoms with van der Waals surface area (Å²) in [4.78, 5) is 2.47. The van der Waals surface area contributed by atoms with Crippen molar-refractivity contribution in [2.75, 3.05) is 13.1 Å². The molecule has 0 aromatic heterocycles. The lowest BCUT2D eigenvalue weighted by Gasteiger charge is -2.20. The van der Waals surface area contributed by atoms with E-state index in [1.807, 2.05) is 0 Å². The Morgan fingerprint density at radius 3 is 1.90 bits per heavy atom. The Hall–Kier alpha value is -1.64. The van der Waals surface area contributed by atoms with Gasteiger partial charge in [-0.05, 0) is 29.8 Å². The minimum absolute atomic E-state index is 0.957. The van der Waals surface area contributed by atoms with Crippen LogP contribution in [0.5, 0.6) is 0 Å². The summed E-state index contributed by atoms with van der Waals surface area (Å²) in [5.74, 6) is 0. The highest BCUT2D eigenvalue weighted by atomic mass is 15.1. The van der Waals surface area contributed by atoms with E-state index in [-0.39, 0.29) is 0 Å². The summed E-state index contributed by atoms with van der Waals surface area (Å²) in [7, 11) is 0. The van der Waals surface area contributed by atoms with Crippen LogP contribution in [-0.2, 0) is 19.6 Å². The first-order valence-electron chi connectivity index (χ1n) is 7.86. The van der Waals surface area contributed by atoms with Gasteiger partial charge in [-0.25, -0.2) is 0 Å². The molecule has 0 aliphatic carbocycles. The number of hydrogen-bond donors (Lipinski definition) is 1. The standard InChI is InChI=1S/C19H26N2/c1-3-20-14-17-10-12-19(13-11-17)16-21(4-2)15-18-8-6-5-7-9-18/h5-13,20H,3-4,14-16H2,1-2H3. The second-order valence-electron chi connectivity index (χ2n) is 5.39. The van der Waals surface area contributed by atoms with Crippen molar-refractivity contribution < 1.29 is 0 Å². The average molecular weight is 282 g/mol. The fourth-order valence-corrected chi connectivity index (χ4v) is 2.41. The van der Waals surface area contributed by atoms with Crippen LogP contribution in [0.4, 0.5) is 0 Å². The summed E-state index contributed by atoms with van der Waals surface area (Å²) < 4.78 is 0. The molecule has 0 spiro atoms. The van der Waals surface area contributed by atoms with E-state index < -0.39 is 0 Å². The highest BCUT2D eigenvalue weighted by molar-refractivity contribution is 5.22. The van der Waals surface area contributed by atoms with Gasteiger partial charge in [0.15, 0.2) is 0 Å². The van der Waals surface area contributed by atoms with E-state index in [4.69, 9.17) is 0 Å². The molecule has 112 valence electrons. The Morgan fingerprint density at radius 1 is 0.762 bits per heavy atom.